The van der Waals surface area contributed by atoms with Crippen LogP contribution < -0.4 is 18.7 Å². The number of benzene rings is 5. The summed E-state index contributed by atoms with van der Waals surface area (Å²) < 4.78 is 5.67. The summed E-state index contributed by atoms with van der Waals surface area (Å²) in [5, 5.41) is 11.9. The number of fused-ring (bicyclic) bond motifs is 2. The third-order valence-corrected chi connectivity index (χ3v) is 8.73. The van der Waals surface area contributed by atoms with Crippen LogP contribution in [0.1, 0.15) is 32.1 Å². The Kier molecular flexibility index (Phi) is 12.2. The van der Waals surface area contributed by atoms with Crippen molar-refractivity contribution in [1.82, 2.24) is 0 Å². The van der Waals surface area contributed by atoms with E-state index < -0.39 is 0 Å². The minimum atomic E-state index is 0.122. The van der Waals surface area contributed by atoms with Gasteiger partial charge >= 0.3 is 0 Å². The molecular weight excluding hydrogens is 671 g/mol. The van der Waals surface area contributed by atoms with E-state index in [2.05, 4.69) is 34.9 Å². The molecule has 7 heteroatoms. The van der Waals surface area contributed by atoms with Crippen LogP contribution in [0.5, 0.6) is 11.5 Å². The molecule has 0 saturated heterocycles. The Labute approximate surface area is 315 Å². The number of pyridine rings is 3. The van der Waals surface area contributed by atoms with Crippen LogP contribution in [-0.4, -0.2) is 16.7 Å². The number of phenolic OH excluding ortho intramolecular Hbond substituents is 1. The molecule has 7 nitrogen and oxygen atoms in total. The van der Waals surface area contributed by atoms with E-state index in [0.29, 0.717) is 18.8 Å². The molecule has 3 heterocycles. The summed E-state index contributed by atoms with van der Waals surface area (Å²) in [6.45, 7) is 4.64. The first-order chi connectivity index (χ1) is 26.4. The monoisotopic (exact) mass is 712 g/mol. The Hall–Kier alpha value is -6.99. The van der Waals surface area contributed by atoms with Gasteiger partial charge in [-0.25, -0.2) is 4.84 Å². The van der Waals surface area contributed by atoms with E-state index in [1.807, 2.05) is 158 Å². The molecule has 8 aromatic rings. The molecule has 0 aliphatic heterocycles. The maximum absolute atomic E-state index is 12.7. The third-order valence-electron chi connectivity index (χ3n) is 8.73. The zero-order valence-corrected chi connectivity index (χ0v) is 30.3. The summed E-state index contributed by atoms with van der Waals surface area (Å²) >= 11 is 0. The Morgan fingerprint density at radius 1 is 0.519 bits per heavy atom. The van der Waals surface area contributed by atoms with E-state index >= 15 is 0 Å². The number of hydrogen-bond acceptors (Lipinski definition) is 4. The summed E-state index contributed by atoms with van der Waals surface area (Å²) in [5.74, 6) is 0.839. The van der Waals surface area contributed by atoms with Crippen LogP contribution in [0.4, 0.5) is 0 Å². The van der Waals surface area contributed by atoms with Crippen molar-refractivity contribution >= 4 is 33.4 Å². The predicted octanol–water partition coefficient (Wildman–Crippen LogP) is 8.16. The average Bonchev–Trinajstić information content (AvgIpc) is 3.21. The van der Waals surface area contributed by atoms with Gasteiger partial charge in [0, 0.05) is 76.9 Å². The first-order valence-corrected chi connectivity index (χ1v) is 17.7. The highest BCUT2D eigenvalue weighted by molar-refractivity contribution is 5.96. The molecule has 3 aromatic heterocycles. The van der Waals surface area contributed by atoms with Gasteiger partial charge in [0.05, 0.1) is 0 Å². The van der Waals surface area contributed by atoms with Crippen molar-refractivity contribution < 1.29 is 33.4 Å². The number of hydrogen-bond donors (Lipinski definition) is 1. The summed E-state index contributed by atoms with van der Waals surface area (Å²) in [6.07, 6.45) is 3.78. The van der Waals surface area contributed by atoms with Crippen LogP contribution in [0, 0.1) is 13.8 Å². The van der Waals surface area contributed by atoms with Crippen molar-refractivity contribution in [2.24, 2.45) is 0 Å². The van der Waals surface area contributed by atoms with Crippen molar-refractivity contribution in [2.45, 2.75) is 26.9 Å². The molecule has 8 rings (SSSR count). The maximum Gasteiger partial charge on any atom is 0.245 e. The van der Waals surface area contributed by atoms with Gasteiger partial charge in [0.2, 0.25) is 52.8 Å². The topological polar surface area (TPSA) is 75.2 Å². The first kappa shape index (κ1) is 36.8. The number of aromatic nitrogens is 3. The fraction of sp³-hybridized carbons (Fsp3) is 0.0851. The molecular formula is C47H42N3O4+3. The highest BCUT2D eigenvalue weighted by Gasteiger charge is 2.19. The molecule has 0 aliphatic carbocycles. The van der Waals surface area contributed by atoms with Gasteiger partial charge in [-0.1, -0.05) is 103 Å². The minimum absolute atomic E-state index is 0.122. The van der Waals surface area contributed by atoms with Crippen LogP contribution in [0.25, 0.3) is 21.8 Å². The molecule has 0 amide bonds. The van der Waals surface area contributed by atoms with Crippen molar-refractivity contribution in [3.63, 3.8) is 0 Å². The van der Waals surface area contributed by atoms with E-state index in [1.165, 1.54) is 0 Å². The lowest BCUT2D eigenvalue weighted by Gasteiger charge is -2.05. The van der Waals surface area contributed by atoms with Gasteiger partial charge in [-0.2, -0.15) is 9.13 Å². The number of ketones is 2. The molecule has 0 aliphatic rings. The van der Waals surface area contributed by atoms with Crippen molar-refractivity contribution in [3.8, 4) is 11.5 Å². The van der Waals surface area contributed by atoms with Crippen molar-refractivity contribution in [1.29, 1.82) is 0 Å². The van der Waals surface area contributed by atoms with Crippen LogP contribution in [0.3, 0.4) is 0 Å². The second-order valence-electron chi connectivity index (χ2n) is 12.6. The molecule has 0 radical (unpaired) electrons. The SMILES string of the molecule is Cc1cccc(C)[n+]1Oc1ccccc1O.O=C(C[n+]1c2ccccc2cc2ccccc21)c1ccccc1.O=C(C[n+]1ccccc1)c1ccccc1. The molecule has 0 fully saturated rings. The lowest BCUT2D eigenvalue weighted by atomic mass is 10.1. The molecule has 54 heavy (non-hydrogen) atoms. The zero-order valence-electron chi connectivity index (χ0n) is 30.3. The second-order valence-corrected chi connectivity index (χ2v) is 12.6. The standard InChI is InChI=1S/C21H16NO.C13H13NO2.C13H12NO/c23-21(16-8-2-1-3-9-16)15-22-19-12-6-4-10-17(19)14-18-11-5-7-13-20(18)22;1-10-6-5-7-11(2)14(10)16-13-9-4-3-8-12(13)15;15-13(12-7-3-1-4-8-12)11-14-9-5-2-6-10-14/h1-14H,15H2;3-9H,1-2H3;1-10H,11H2/q+1;;+1/p+1. The lowest BCUT2D eigenvalue weighted by molar-refractivity contribution is -0.883. The van der Waals surface area contributed by atoms with Crippen LogP contribution >= 0.6 is 0 Å². The maximum atomic E-state index is 12.7. The minimum Gasteiger partial charge on any atom is -0.504 e. The highest BCUT2D eigenvalue weighted by atomic mass is 16.7. The van der Waals surface area contributed by atoms with Crippen molar-refractivity contribution in [3.05, 3.63) is 211 Å². The number of phenols is 1. The van der Waals surface area contributed by atoms with Gasteiger partial charge in [0.15, 0.2) is 18.1 Å². The van der Waals surface area contributed by atoms with Gasteiger partial charge in [-0.05, 0) is 36.4 Å². The summed E-state index contributed by atoms with van der Waals surface area (Å²) in [6, 6.07) is 55.9. The smallest absolute Gasteiger partial charge is 0.245 e. The zero-order chi connectivity index (χ0) is 37.7. The normalized spacial score (nSPS) is 10.4. The molecule has 0 unspecified atom stereocenters. The Bertz CT molecular complexity index is 2410. The summed E-state index contributed by atoms with van der Waals surface area (Å²) in [7, 11) is 0. The van der Waals surface area contributed by atoms with Gasteiger partial charge < -0.3 is 5.11 Å². The Morgan fingerprint density at radius 2 is 0.981 bits per heavy atom. The van der Waals surface area contributed by atoms with E-state index in [4.69, 9.17) is 4.84 Å². The van der Waals surface area contributed by atoms with Gasteiger partial charge in [-0.15, -0.1) is 0 Å². The second kappa shape index (κ2) is 18.0. The fourth-order valence-electron chi connectivity index (χ4n) is 5.98. The third kappa shape index (κ3) is 9.46. The molecule has 0 saturated carbocycles. The van der Waals surface area contributed by atoms with Crippen LogP contribution in [0.15, 0.2) is 188 Å². The molecule has 1 N–H and O–H groups in total. The number of carbonyl (C=O) groups is 2. The lowest BCUT2D eigenvalue weighted by Crippen LogP contribution is -2.45. The number of Topliss-reactive ketones (excluding diaryl/α,β-unsaturated/α-hetero) is 2. The number of rotatable bonds is 8. The average molecular weight is 713 g/mol. The van der Waals surface area contributed by atoms with E-state index in [1.54, 1.807) is 22.9 Å². The number of aromatic hydroxyl groups is 1. The largest absolute Gasteiger partial charge is 0.504 e. The van der Waals surface area contributed by atoms with E-state index in [0.717, 1.165) is 44.3 Å². The Morgan fingerprint density at radius 3 is 1.54 bits per heavy atom. The molecule has 0 bridgehead atoms. The molecule has 5 aromatic carbocycles. The predicted molar refractivity (Wildman–Crippen MR) is 210 cm³/mol. The van der Waals surface area contributed by atoms with Crippen LogP contribution in [-0.2, 0) is 13.1 Å². The number of aryl methyl sites for hydroxylation is 2. The van der Waals surface area contributed by atoms with E-state index in [9.17, 15) is 14.7 Å². The first-order valence-electron chi connectivity index (χ1n) is 17.7. The molecule has 0 spiro atoms. The molecule has 0 atom stereocenters. The van der Waals surface area contributed by atoms with Gasteiger partial charge in [0.25, 0.3) is 0 Å². The number of carbonyl (C=O) groups excluding carboxylic acids is 2. The van der Waals surface area contributed by atoms with Gasteiger partial charge in [-0.3, -0.25) is 9.59 Å². The number of nitrogens with zero attached hydrogens (tertiary/aromatic N) is 3. The highest BCUT2D eigenvalue weighted by Crippen LogP contribution is 2.23. The van der Waals surface area contributed by atoms with Gasteiger partial charge in [0.1, 0.15) is 0 Å². The van der Waals surface area contributed by atoms with Crippen molar-refractivity contribution in [2.75, 3.05) is 0 Å². The summed E-state index contributed by atoms with van der Waals surface area (Å²) in [5.41, 5.74) is 5.61. The Balaban J connectivity index is 0.000000143. The quantitative estimate of drug-likeness (QED) is 0.0981. The molecule has 266 valence electrons. The van der Waals surface area contributed by atoms with E-state index in [-0.39, 0.29) is 17.3 Å². The fourth-order valence-corrected chi connectivity index (χ4v) is 5.98. The number of para-hydroxylation sites is 4. The van der Waals surface area contributed by atoms with Crippen LogP contribution in [0.2, 0.25) is 0 Å². The summed E-state index contributed by atoms with van der Waals surface area (Å²) in [4.78, 5) is 30.1.